The maximum Gasteiger partial charge on any atom is 0.150 e. The van der Waals surface area contributed by atoms with E-state index in [1.54, 1.807) is 0 Å². The Morgan fingerprint density at radius 2 is 2.33 bits per heavy atom. The zero-order valence-corrected chi connectivity index (χ0v) is 6.02. The molecule has 0 saturated carbocycles. The van der Waals surface area contributed by atoms with Gasteiger partial charge in [-0.3, -0.25) is 10.2 Å². The van der Waals surface area contributed by atoms with Gasteiger partial charge in [-0.15, -0.1) is 0 Å². The van der Waals surface area contributed by atoms with Crippen LogP contribution in [0.5, 0.6) is 0 Å². The van der Waals surface area contributed by atoms with E-state index in [0.29, 0.717) is 11.9 Å². The highest BCUT2D eigenvalue weighted by molar-refractivity contribution is 6.50. The van der Waals surface area contributed by atoms with Crippen molar-refractivity contribution in [2.24, 2.45) is 5.16 Å². The van der Waals surface area contributed by atoms with Gasteiger partial charge in [-0.1, -0.05) is 0 Å². The van der Waals surface area contributed by atoms with Crippen LogP contribution in [0.15, 0.2) is 29.0 Å². The fourth-order valence-electron chi connectivity index (χ4n) is 0.751. The van der Waals surface area contributed by atoms with E-state index in [9.17, 15) is 4.79 Å². The molecule has 12 heavy (non-hydrogen) atoms. The normalized spacial score (nSPS) is 19.2. The van der Waals surface area contributed by atoms with Gasteiger partial charge >= 0.3 is 0 Å². The fraction of sp³-hybridized carbons (Fsp3) is 0. The number of carbonyl (C=O) groups is 1. The number of nitrogens with zero attached hydrogens (tertiary/aromatic N) is 1. The maximum atomic E-state index is 10.2. The third kappa shape index (κ3) is 1.64. The molecule has 5 nitrogen and oxygen atoms in total. The van der Waals surface area contributed by atoms with Crippen LogP contribution in [0, 0.1) is 5.41 Å². The van der Waals surface area contributed by atoms with Gasteiger partial charge in [0.15, 0.2) is 0 Å². The van der Waals surface area contributed by atoms with Crippen molar-refractivity contribution >= 4 is 17.7 Å². The van der Waals surface area contributed by atoms with E-state index >= 15 is 0 Å². The number of allylic oxidation sites excluding steroid dienone is 4. The molecule has 0 spiro atoms. The standard InChI is InChI=1S/C7H6N2O3/c8-6-3-5(4-10)1-2-7(6)9-12-11/h1-4,8,11H/b8-6?,9-7-. The number of aldehydes is 1. The first-order chi connectivity index (χ1) is 5.77. The quantitative estimate of drug-likeness (QED) is 0.272. The van der Waals surface area contributed by atoms with Crippen LogP contribution in [0.1, 0.15) is 0 Å². The first-order valence-electron chi connectivity index (χ1n) is 3.10. The van der Waals surface area contributed by atoms with Crippen molar-refractivity contribution in [3.8, 4) is 0 Å². The van der Waals surface area contributed by atoms with E-state index in [4.69, 9.17) is 10.7 Å². The van der Waals surface area contributed by atoms with Crippen molar-refractivity contribution < 1.29 is 15.0 Å². The Morgan fingerprint density at radius 1 is 1.58 bits per heavy atom. The number of hydrogen-bond acceptors (Lipinski definition) is 5. The third-order valence-corrected chi connectivity index (χ3v) is 1.30. The van der Waals surface area contributed by atoms with E-state index in [-0.39, 0.29) is 11.4 Å². The number of hydrogen-bond donors (Lipinski definition) is 2. The Bertz CT molecular complexity index is 302. The lowest BCUT2D eigenvalue weighted by atomic mass is 10.1. The summed E-state index contributed by atoms with van der Waals surface area (Å²) in [6, 6.07) is 0. The third-order valence-electron chi connectivity index (χ3n) is 1.30. The highest BCUT2D eigenvalue weighted by Gasteiger charge is 2.08. The highest BCUT2D eigenvalue weighted by atomic mass is 17.2. The van der Waals surface area contributed by atoms with Crippen molar-refractivity contribution in [1.82, 2.24) is 0 Å². The van der Waals surface area contributed by atoms with E-state index < -0.39 is 0 Å². The molecule has 5 heteroatoms. The number of rotatable bonds is 2. The summed E-state index contributed by atoms with van der Waals surface area (Å²) in [5, 5.41) is 18.4. The van der Waals surface area contributed by atoms with Crippen molar-refractivity contribution in [2.45, 2.75) is 0 Å². The molecule has 62 valence electrons. The molecule has 0 bridgehead atoms. The second-order valence-corrected chi connectivity index (χ2v) is 2.07. The van der Waals surface area contributed by atoms with E-state index in [0.717, 1.165) is 0 Å². The summed E-state index contributed by atoms with van der Waals surface area (Å²) < 4.78 is 0. The topological polar surface area (TPSA) is 82.7 Å². The molecule has 0 aromatic carbocycles. The Labute approximate surface area is 68.1 Å². The Kier molecular flexibility index (Phi) is 2.49. The highest BCUT2D eigenvalue weighted by Crippen LogP contribution is 2.03. The monoisotopic (exact) mass is 166 g/mol. The average Bonchev–Trinajstić information content (AvgIpc) is 2.09. The smallest absolute Gasteiger partial charge is 0.150 e. The molecule has 0 radical (unpaired) electrons. The molecule has 0 fully saturated rings. The molecule has 0 atom stereocenters. The minimum atomic E-state index is 0.0219. The van der Waals surface area contributed by atoms with Crippen molar-refractivity contribution in [1.29, 1.82) is 5.41 Å². The van der Waals surface area contributed by atoms with Crippen LogP contribution in [0.4, 0.5) is 0 Å². The zero-order chi connectivity index (χ0) is 8.97. The lowest BCUT2D eigenvalue weighted by molar-refractivity contribution is -0.242. The van der Waals surface area contributed by atoms with E-state index in [1.165, 1.54) is 18.2 Å². The van der Waals surface area contributed by atoms with Crippen LogP contribution in [0.3, 0.4) is 0 Å². The lowest BCUT2D eigenvalue weighted by Gasteiger charge is -2.02. The SMILES string of the molecule is N=C1C=C(C=O)C=C/C1=N/OO. The van der Waals surface area contributed by atoms with E-state index in [1.807, 2.05) is 0 Å². The molecular formula is C7H6N2O3. The molecule has 0 aliphatic heterocycles. The molecule has 1 aliphatic carbocycles. The minimum Gasteiger partial charge on any atom is -0.298 e. The van der Waals surface area contributed by atoms with Gasteiger partial charge in [0.05, 0.1) is 5.71 Å². The first kappa shape index (κ1) is 8.35. The molecule has 0 amide bonds. The van der Waals surface area contributed by atoms with Gasteiger partial charge in [-0.25, -0.2) is 4.99 Å². The molecule has 0 aromatic rings. The summed E-state index contributed by atoms with van der Waals surface area (Å²) in [6.07, 6.45) is 4.83. The van der Waals surface area contributed by atoms with Crippen LogP contribution in [-0.2, 0) is 9.78 Å². The second-order valence-electron chi connectivity index (χ2n) is 2.07. The van der Waals surface area contributed by atoms with Gasteiger partial charge in [0.1, 0.15) is 12.0 Å². The largest absolute Gasteiger partial charge is 0.298 e. The van der Waals surface area contributed by atoms with Crippen LogP contribution < -0.4 is 0 Å². The first-order valence-corrected chi connectivity index (χ1v) is 3.10. The minimum absolute atomic E-state index is 0.0219. The summed E-state index contributed by atoms with van der Waals surface area (Å²) >= 11 is 0. The summed E-state index contributed by atoms with van der Waals surface area (Å²) in [7, 11) is 0. The molecule has 0 unspecified atom stereocenters. The van der Waals surface area contributed by atoms with Gasteiger partial charge in [0.2, 0.25) is 0 Å². The molecule has 0 heterocycles. The molecule has 1 rings (SSSR count). The molecule has 1 aliphatic rings. The molecular weight excluding hydrogens is 160 g/mol. The van der Waals surface area contributed by atoms with Crippen LogP contribution in [-0.4, -0.2) is 23.0 Å². The summed E-state index contributed by atoms with van der Waals surface area (Å²) in [5.41, 5.74) is 0.577. The van der Waals surface area contributed by atoms with Crippen LogP contribution in [0.2, 0.25) is 0 Å². The molecule has 0 aromatic heterocycles. The van der Waals surface area contributed by atoms with Crippen LogP contribution >= 0.6 is 0 Å². The Hall–Kier alpha value is -1.75. The predicted molar refractivity (Wildman–Crippen MR) is 42.2 cm³/mol. The van der Waals surface area contributed by atoms with E-state index in [2.05, 4.69) is 10.1 Å². The lowest BCUT2D eigenvalue weighted by Crippen LogP contribution is -2.12. The summed E-state index contributed by atoms with van der Waals surface area (Å²) in [6.45, 7) is 0. The van der Waals surface area contributed by atoms with Crippen molar-refractivity contribution in [3.63, 3.8) is 0 Å². The van der Waals surface area contributed by atoms with Gasteiger partial charge < -0.3 is 0 Å². The summed E-state index contributed by atoms with van der Waals surface area (Å²) in [4.78, 5) is 13.7. The van der Waals surface area contributed by atoms with Gasteiger partial charge in [0, 0.05) is 5.57 Å². The van der Waals surface area contributed by atoms with Crippen molar-refractivity contribution in [3.05, 3.63) is 23.8 Å². The number of carbonyl (C=O) groups excluding carboxylic acids is 1. The average molecular weight is 166 g/mol. The Balaban J connectivity index is 2.89. The number of nitrogens with one attached hydrogen (secondary N) is 1. The number of oxime groups is 1. The second kappa shape index (κ2) is 3.59. The van der Waals surface area contributed by atoms with Gasteiger partial charge in [0.25, 0.3) is 0 Å². The summed E-state index contributed by atoms with van der Waals surface area (Å²) in [5.74, 6) is 0. The Morgan fingerprint density at radius 3 is 2.83 bits per heavy atom. The van der Waals surface area contributed by atoms with Crippen LogP contribution in [0.25, 0.3) is 0 Å². The zero-order valence-electron chi connectivity index (χ0n) is 6.02. The van der Waals surface area contributed by atoms with Crippen molar-refractivity contribution in [2.75, 3.05) is 0 Å². The fourth-order valence-corrected chi connectivity index (χ4v) is 0.751. The predicted octanol–water partition coefficient (Wildman–Crippen LogP) is 0.547. The molecule has 2 N–H and O–H groups in total. The maximum absolute atomic E-state index is 10.2. The van der Waals surface area contributed by atoms with Gasteiger partial charge in [-0.05, 0) is 23.4 Å². The van der Waals surface area contributed by atoms with Gasteiger partial charge in [-0.2, -0.15) is 5.26 Å². The molecule has 0 saturated heterocycles.